The number of nitrogens with one attached hydrogen (secondary N) is 1. The highest BCUT2D eigenvalue weighted by Crippen LogP contribution is 2.20. The van der Waals surface area contributed by atoms with Crippen LogP contribution in [0, 0.1) is 11.3 Å². The molecule has 0 aliphatic carbocycles. The molecule has 0 fully saturated rings. The van der Waals surface area contributed by atoms with Gasteiger partial charge in [-0.1, -0.05) is 28.1 Å². The van der Waals surface area contributed by atoms with E-state index in [0.29, 0.717) is 5.69 Å². The molecule has 4 nitrogen and oxygen atoms in total. The minimum absolute atomic E-state index is 0.0322. The molecule has 2 rings (SSSR count). The van der Waals surface area contributed by atoms with E-state index in [4.69, 9.17) is 5.26 Å². The van der Waals surface area contributed by atoms with Crippen molar-refractivity contribution in [3.05, 3.63) is 51.0 Å². The van der Waals surface area contributed by atoms with Crippen LogP contribution in [0.3, 0.4) is 0 Å². The summed E-state index contributed by atoms with van der Waals surface area (Å²) in [6.45, 7) is 0. The predicted molar refractivity (Wildman–Crippen MR) is 62.7 cm³/mol. The van der Waals surface area contributed by atoms with E-state index in [0.717, 1.165) is 10.0 Å². The van der Waals surface area contributed by atoms with Gasteiger partial charge in [-0.05, 0) is 12.1 Å². The number of aromatic amines is 1. The van der Waals surface area contributed by atoms with Crippen LogP contribution in [0.5, 0.6) is 0 Å². The first-order valence-electron chi connectivity index (χ1n) is 4.46. The molecular weight excluding hydrogens is 270 g/mol. The smallest absolute Gasteiger partial charge is 0.269 e. The first-order chi connectivity index (χ1) is 7.72. The van der Waals surface area contributed by atoms with Crippen LogP contribution in [-0.2, 0) is 0 Å². The fourth-order valence-corrected chi connectivity index (χ4v) is 1.59. The summed E-state index contributed by atoms with van der Waals surface area (Å²) in [5, 5.41) is 8.90. The third-order valence-corrected chi connectivity index (χ3v) is 2.61. The Morgan fingerprint density at radius 2 is 2.00 bits per heavy atom. The molecule has 0 spiro atoms. The summed E-state index contributed by atoms with van der Waals surface area (Å²) in [4.78, 5) is 17.8. The molecule has 0 saturated heterocycles. The molecule has 0 radical (unpaired) electrons. The summed E-state index contributed by atoms with van der Waals surface area (Å²) < 4.78 is 0.930. The van der Waals surface area contributed by atoms with Crippen LogP contribution in [0.15, 0.2) is 39.9 Å². The van der Waals surface area contributed by atoms with Gasteiger partial charge in [-0.2, -0.15) is 5.26 Å². The summed E-state index contributed by atoms with van der Waals surface area (Å²) in [6, 6.07) is 9.12. The summed E-state index contributed by atoms with van der Waals surface area (Å²) in [5.41, 5.74) is 0.754. The number of hydrogen-bond acceptors (Lipinski definition) is 3. The maximum atomic E-state index is 11.4. The minimum Gasteiger partial charge on any atom is -0.312 e. The van der Waals surface area contributed by atoms with E-state index in [-0.39, 0.29) is 5.56 Å². The Hall–Kier alpha value is -1.93. The molecule has 78 valence electrons. The van der Waals surface area contributed by atoms with Crippen molar-refractivity contribution in [2.45, 2.75) is 0 Å². The molecule has 0 aliphatic heterocycles. The van der Waals surface area contributed by atoms with E-state index in [2.05, 4.69) is 25.9 Å². The Bertz CT molecular complexity index is 610. The van der Waals surface area contributed by atoms with Crippen molar-refractivity contribution in [3.63, 3.8) is 0 Å². The highest BCUT2D eigenvalue weighted by Gasteiger charge is 2.09. The van der Waals surface area contributed by atoms with E-state index in [1.54, 1.807) is 12.1 Å². The second-order valence-corrected chi connectivity index (χ2v) is 3.99. The summed E-state index contributed by atoms with van der Waals surface area (Å²) in [5.74, 6) is 0. The average Bonchev–Trinajstić information content (AvgIpc) is 2.30. The summed E-state index contributed by atoms with van der Waals surface area (Å²) in [7, 11) is 0. The molecule has 0 amide bonds. The van der Waals surface area contributed by atoms with Crippen LogP contribution in [0.2, 0.25) is 0 Å². The third-order valence-electron chi connectivity index (χ3n) is 2.08. The van der Waals surface area contributed by atoms with Gasteiger partial charge in [-0.3, -0.25) is 4.79 Å². The maximum Gasteiger partial charge on any atom is 0.269 e. The normalized spacial score (nSPS) is 9.75. The standard InChI is InChI=1S/C11H6BrN3O/c12-8-3-1-7(2-4-8)10-9(5-13)11(16)15-6-14-10/h1-4,6H,(H,14,15,16). The Morgan fingerprint density at radius 3 is 2.62 bits per heavy atom. The minimum atomic E-state index is -0.421. The van der Waals surface area contributed by atoms with Gasteiger partial charge < -0.3 is 4.98 Å². The Balaban J connectivity index is 2.66. The van der Waals surface area contributed by atoms with Gasteiger partial charge in [0.25, 0.3) is 5.56 Å². The molecule has 0 atom stereocenters. The second kappa shape index (κ2) is 4.29. The van der Waals surface area contributed by atoms with E-state index >= 15 is 0 Å². The SMILES string of the molecule is N#Cc1c(-c2ccc(Br)cc2)nc[nH]c1=O. The van der Waals surface area contributed by atoms with Crippen LogP contribution in [0.1, 0.15) is 5.56 Å². The molecule has 0 aliphatic rings. The van der Waals surface area contributed by atoms with Gasteiger partial charge in [0, 0.05) is 10.0 Å². The van der Waals surface area contributed by atoms with Crippen LogP contribution in [0.4, 0.5) is 0 Å². The lowest BCUT2D eigenvalue weighted by Gasteiger charge is -2.01. The zero-order valence-electron chi connectivity index (χ0n) is 8.07. The van der Waals surface area contributed by atoms with Gasteiger partial charge >= 0.3 is 0 Å². The number of hydrogen-bond donors (Lipinski definition) is 1. The van der Waals surface area contributed by atoms with E-state index in [9.17, 15) is 4.79 Å². The highest BCUT2D eigenvalue weighted by atomic mass is 79.9. The van der Waals surface area contributed by atoms with Crippen molar-refractivity contribution in [2.24, 2.45) is 0 Å². The fourth-order valence-electron chi connectivity index (χ4n) is 1.33. The lowest BCUT2D eigenvalue weighted by atomic mass is 10.1. The number of rotatable bonds is 1. The first kappa shape index (κ1) is 10.6. The lowest BCUT2D eigenvalue weighted by molar-refractivity contribution is 1.11. The van der Waals surface area contributed by atoms with E-state index in [1.807, 2.05) is 18.2 Å². The number of halogens is 1. The largest absolute Gasteiger partial charge is 0.312 e. The van der Waals surface area contributed by atoms with Crippen LogP contribution < -0.4 is 5.56 Å². The molecule has 1 N–H and O–H groups in total. The van der Waals surface area contributed by atoms with Gasteiger partial charge in [-0.25, -0.2) is 4.98 Å². The molecule has 1 heterocycles. The zero-order chi connectivity index (χ0) is 11.5. The Kier molecular flexibility index (Phi) is 2.84. The monoisotopic (exact) mass is 275 g/mol. The van der Waals surface area contributed by atoms with Crippen molar-refractivity contribution in [1.29, 1.82) is 5.26 Å². The van der Waals surface area contributed by atoms with E-state index in [1.165, 1.54) is 6.33 Å². The van der Waals surface area contributed by atoms with Crippen LogP contribution >= 0.6 is 15.9 Å². The highest BCUT2D eigenvalue weighted by molar-refractivity contribution is 9.10. The molecule has 16 heavy (non-hydrogen) atoms. The molecule has 1 aromatic carbocycles. The van der Waals surface area contributed by atoms with Crippen LogP contribution in [0.25, 0.3) is 11.3 Å². The lowest BCUT2D eigenvalue weighted by Crippen LogP contribution is -2.12. The Labute approximate surface area is 99.7 Å². The number of nitrogens with zero attached hydrogens (tertiary/aromatic N) is 2. The fraction of sp³-hybridized carbons (Fsp3) is 0. The van der Waals surface area contributed by atoms with Crippen molar-refractivity contribution in [3.8, 4) is 17.3 Å². The van der Waals surface area contributed by atoms with Crippen LogP contribution in [-0.4, -0.2) is 9.97 Å². The predicted octanol–water partition coefficient (Wildman–Crippen LogP) is 2.07. The second-order valence-electron chi connectivity index (χ2n) is 3.07. The molecular formula is C11H6BrN3O. The first-order valence-corrected chi connectivity index (χ1v) is 5.25. The van der Waals surface area contributed by atoms with Gasteiger partial charge in [-0.15, -0.1) is 0 Å². The molecule has 0 bridgehead atoms. The average molecular weight is 276 g/mol. The number of H-pyrrole nitrogens is 1. The van der Waals surface area contributed by atoms with E-state index < -0.39 is 5.56 Å². The molecule has 2 aromatic rings. The van der Waals surface area contributed by atoms with Crippen molar-refractivity contribution < 1.29 is 0 Å². The summed E-state index contributed by atoms with van der Waals surface area (Å²) in [6.07, 6.45) is 1.29. The maximum absolute atomic E-state index is 11.4. The van der Waals surface area contributed by atoms with Gasteiger partial charge in [0.2, 0.25) is 0 Å². The topological polar surface area (TPSA) is 69.5 Å². The molecule has 1 aromatic heterocycles. The third kappa shape index (κ3) is 1.88. The summed E-state index contributed by atoms with van der Waals surface area (Å²) >= 11 is 3.31. The zero-order valence-corrected chi connectivity index (χ0v) is 9.65. The quantitative estimate of drug-likeness (QED) is 0.866. The van der Waals surface area contributed by atoms with Gasteiger partial charge in [0.15, 0.2) is 0 Å². The number of aromatic nitrogens is 2. The van der Waals surface area contributed by atoms with Gasteiger partial charge in [0.1, 0.15) is 11.6 Å². The number of nitriles is 1. The number of benzene rings is 1. The van der Waals surface area contributed by atoms with Gasteiger partial charge in [0.05, 0.1) is 12.0 Å². The Morgan fingerprint density at radius 1 is 1.31 bits per heavy atom. The molecule has 0 saturated carbocycles. The van der Waals surface area contributed by atoms with Crippen molar-refractivity contribution in [1.82, 2.24) is 9.97 Å². The molecule has 0 unspecified atom stereocenters. The van der Waals surface area contributed by atoms with Crippen molar-refractivity contribution >= 4 is 15.9 Å². The molecule has 5 heteroatoms. The van der Waals surface area contributed by atoms with Crippen molar-refractivity contribution in [2.75, 3.05) is 0 Å².